The SMILES string of the molecule is CCn1c(COC(=O)c2cccc(C(F)(F)F)c2)nc2cc(S(=O)(=O)N(C)C)ccc21. The lowest BCUT2D eigenvalue weighted by atomic mass is 10.1. The molecule has 31 heavy (non-hydrogen) atoms. The minimum atomic E-state index is -4.57. The number of alkyl halides is 3. The number of aryl methyl sites for hydroxylation is 1. The number of carbonyl (C=O) groups is 1. The third-order valence-electron chi connectivity index (χ3n) is 4.65. The first kappa shape index (κ1) is 22.8. The molecule has 2 aromatic carbocycles. The lowest BCUT2D eigenvalue weighted by Gasteiger charge is -2.11. The summed E-state index contributed by atoms with van der Waals surface area (Å²) < 4.78 is 71.3. The summed E-state index contributed by atoms with van der Waals surface area (Å²) in [6.07, 6.45) is -4.57. The molecule has 0 aliphatic heterocycles. The topological polar surface area (TPSA) is 81.5 Å². The van der Waals surface area contributed by atoms with Crippen LogP contribution < -0.4 is 0 Å². The van der Waals surface area contributed by atoms with Crippen LogP contribution in [0.5, 0.6) is 0 Å². The maximum atomic E-state index is 12.9. The van der Waals surface area contributed by atoms with Gasteiger partial charge >= 0.3 is 12.1 Å². The van der Waals surface area contributed by atoms with E-state index in [9.17, 15) is 26.4 Å². The van der Waals surface area contributed by atoms with E-state index in [1.807, 2.05) is 6.92 Å². The van der Waals surface area contributed by atoms with Crippen molar-refractivity contribution in [3.63, 3.8) is 0 Å². The zero-order chi connectivity index (χ0) is 23.0. The fraction of sp³-hybridized carbons (Fsp3) is 0.300. The molecule has 0 bridgehead atoms. The Labute approximate surface area is 177 Å². The normalized spacial score (nSPS) is 12.5. The molecular weight excluding hydrogens is 435 g/mol. The summed E-state index contributed by atoms with van der Waals surface area (Å²) in [4.78, 5) is 16.7. The van der Waals surface area contributed by atoms with Gasteiger partial charge in [0, 0.05) is 20.6 Å². The zero-order valence-corrected chi connectivity index (χ0v) is 17.8. The molecule has 1 aromatic heterocycles. The number of fused-ring (bicyclic) bond motifs is 1. The molecule has 3 aromatic rings. The number of ether oxygens (including phenoxy) is 1. The van der Waals surface area contributed by atoms with Crippen LogP contribution in [0.2, 0.25) is 0 Å². The summed E-state index contributed by atoms with van der Waals surface area (Å²) >= 11 is 0. The van der Waals surface area contributed by atoms with Crippen LogP contribution in [-0.2, 0) is 34.1 Å². The molecule has 3 rings (SSSR count). The van der Waals surface area contributed by atoms with E-state index in [1.165, 1.54) is 32.3 Å². The predicted molar refractivity (Wildman–Crippen MR) is 107 cm³/mol. The Morgan fingerprint density at radius 3 is 2.48 bits per heavy atom. The van der Waals surface area contributed by atoms with Gasteiger partial charge in [0.25, 0.3) is 0 Å². The zero-order valence-electron chi connectivity index (χ0n) is 17.0. The highest BCUT2D eigenvalue weighted by Gasteiger charge is 2.31. The predicted octanol–water partition coefficient (Wildman–Crippen LogP) is 3.68. The number of nitrogens with zero attached hydrogens (tertiary/aromatic N) is 3. The minimum absolute atomic E-state index is 0.0678. The highest BCUT2D eigenvalue weighted by Crippen LogP contribution is 2.30. The van der Waals surface area contributed by atoms with Crippen LogP contribution in [0.15, 0.2) is 47.4 Å². The minimum Gasteiger partial charge on any atom is -0.454 e. The third kappa shape index (κ3) is 4.57. The number of benzene rings is 2. The number of esters is 1. The lowest BCUT2D eigenvalue weighted by molar-refractivity contribution is -0.137. The van der Waals surface area contributed by atoms with Crippen LogP contribution >= 0.6 is 0 Å². The summed E-state index contributed by atoms with van der Waals surface area (Å²) in [7, 11) is -0.811. The van der Waals surface area contributed by atoms with E-state index in [0.717, 1.165) is 22.5 Å². The lowest BCUT2D eigenvalue weighted by Crippen LogP contribution is -2.22. The smallest absolute Gasteiger partial charge is 0.416 e. The summed E-state index contributed by atoms with van der Waals surface area (Å²) in [6.45, 7) is 2.02. The molecular formula is C20H20F3N3O4S. The van der Waals surface area contributed by atoms with Gasteiger partial charge in [0.15, 0.2) is 0 Å². The van der Waals surface area contributed by atoms with Crippen molar-refractivity contribution < 1.29 is 31.1 Å². The van der Waals surface area contributed by atoms with E-state index in [4.69, 9.17) is 4.74 Å². The summed E-state index contributed by atoms with van der Waals surface area (Å²) in [5, 5.41) is 0. The van der Waals surface area contributed by atoms with E-state index in [1.54, 1.807) is 10.6 Å². The molecule has 0 unspecified atom stereocenters. The fourth-order valence-electron chi connectivity index (χ4n) is 3.03. The second-order valence-electron chi connectivity index (χ2n) is 6.86. The van der Waals surface area contributed by atoms with Crippen molar-refractivity contribution in [2.45, 2.75) is 31.1 Å². The van der Waals surface area contributed by atoms with Gasteiger partial charge in [-0.3, -0.25) is 0 Å². The maximum absolute atomic E-state index is 12.9. The number of hydrogen-bond acceptors (Lipinski definition) is 5. The first-order valence-electron chi connectivity index (χ1n) is 9.21. The molecule has 0 saturated carbocycles. The quantitative estimate of drug-likeness (QED) is 0.530. The number of hydrogen-bond donors (Lipinski definition) is 0. The maximum Gasteiger partial charge on any atom is 0.416 e. The van der Waals surface area contributed by atoms with Crippen LogP contribution in [-0.4, -0.2) is 42.3 Å². The van der Waals surface area contributed by atoms with E-state index in [2.05, 4.69) is 4.98 Å². The Hall–Kier alpha value is -2.92. The van der Waals surface area contributed by atoms with Crippen LogP contribution in [0.25, 0.3) is 11.0 Å². The Kier molecular flexibility index (Phi) is 6.10. The van der Waals surface area contributed by atoms with Gasteiger partial charge in [-0.05, 0) is 43.3 Å². The molecule has 11 heteroatoms. The van der Waals surface area contributed by atoms with Crippen molar-refractivity contribution in [1.82, 2.24) is 13.9 Å². The summed E-state index contributed by atoms with van der Waals surface area (Å²) in [5.74, 6) is -0.575. The fourth-order valence-corrected chi connectivity index (χ4v) is 3.95. The van der Waals surface area contributed by atoms with Crippen molar-refractivity contribution in [3.05, 3.63) is 59.4 Å². The van der Waals surface area contributed by atoms with E-state index < -0.39 is 27.7 Å². The van der Waals surface area contributed by atoms with Crippen molar-refractivity contribution in [2.24, 2.45) is 0 Å². The monoisotopic (exact) mass is 455 g/mol. The van der Waals surface area contributed by atoms with Gasteiger partial charge in [0.2, 0.25) is 10.0 Å². The molecule has 1 heterocycles. The van der Waals surface area contributed by atoms with E-state index in [0.29, 0.717) is 23.4 Å². The van der Waals surface area contributed by atoms with Crippen LogP contribution in [0.3, 0.4) is 0 Å². The number of carbonyl (C=O) groups excluding carboxylic acids is 1. The van der Waals surface area contributed by atoms with Gasteiger partial charge in [0.1, 0.15) is 12.4 Å². The van der Waals surface area contributed by atoms with Crippen molar-refractivity contribution in [3.8, 4) is 0 Å². The van der Waals surface area contributed by atoms with Crippen molar-refractivity contribution >= 4 is 27.0 Å². The highest BCUT2D eigenvalue weighted by molar-refractivity contribution is 7.89. The average Bonchev–Trinajstić information content (AvgIpc) is 3.07. The Balaban J connectivity index is 1.87. The Morgan fingerprint density at radius 1 is 1.16 bits per heavy atom. The standard InChI is InChI=1S/C20H20F3N3O4S/c1-4-26-17-9-8-15(31(28,29)25(2)3)11-16(17)24-18(26)12-30-19(27)13-6-5-7-14(10-13)20(21,22)23/h5-11H,4,12H2,1-3H3. The second kappa shape index (κ2) is 8.31. The highest BCUT2D eigenvalue weighted by atomic mass is 32.2. The third-order valence-corrected chi connectivity index (χ3v) is 6.46. The Morgan fingerprint density at radius 2 is 1.87 bits per heavy atom. The largest absolute Gasteiger partial charge is 0.454 e. The molecule has 0 fully saturated rings. The molecule has 166 valence electrons. The van der Waals surface area contributed by atoms with Crippen LogP contribution in [0.1, 0.15) is 28.7 Å². The number of imidazole rings is 1. The van der Waals surface area contributed by atoms with E-state index >= 15 is 0 Å². The molecule has 0 radical (unpaired) electrons. The molecule has 0 spiro atoms. The summed E-state index contributed by atoms with van der Waals surface area (Å²) in [5.41, 5.74) is -0.133. The summed E-state index contributed by atoms with van der Waals surface area (Å²) in [6, 6.07) is 8.46. The van der Waals surface area contributed by atoms with Gasteiger partial charge in [-0.15, -0.1) is 0 Å². The van der Waals surface area contributed by atoms with Gasteiger partial charge < -0.3 is 9.30 Å². The number of sulfonamides is 1. The van der Waals surface area contributed by atoms with Gasteiger partial charge in [-0.25, -0.2) is 22.5 Å². The molecule has 0 amide bonds. The number of rotatable bonds is 6. The second-order valence-corrected chi connectivity index (χ2v) is 9.02. The molecule has 0 N–H and O–H groups in total. The molecule has 0 atom stereocenters. The van der Waals surface area contributed by atoms with Crippen LogP contribution in [0, 0.1) is 0 Å². The molecule has 0 saturated heterocycles. The first-order chi connectivity index (χ1) is 14.4. The first-order valence-corrected chi connectivity index (χ1v) is 10.6. The van der Waals surface area contributed by atoms with Crippen molar-refractivity contribution in [2.75, 3.05) is 14.1 Å². The van der Waals surface area contributed by atoms with Gasteiger partial charge in [-0.2, -0.15) is 13.2 Å². The molecule has 7 nitrogen and oxygen atoms in total. The average molecular weight is 455 g/mol. The van der Waals surface area contributed by atoms with Crippen molar-refractivity contribution in [1.29, 1.82) is 0 Å². The Bertz CT molecular complexity index is 1230. The molecule has 0 aliphatic carbocycles. The van der Waals surface area contributed by atoms with Gasteiger partial charge in [-0.1, -0.05) is 6.07 Å². The number of halogens is 3. The molecule has 0 aliphatic rings. The van der Waals surface area contributed by atoms with E-state index in [-0.39, 0.29) is 17.1 Å². The van der Waals surface area contributed by atoms with Gasteiger partial charge in [0.05, 0.1) is 27.1 Å². The van der Waals surface area contributed by atoms with Crippen LogP contribution in [0.4, 0.5) is 13.2 Å². The number of aromatic nitrogens is 2.